The Balaban J connectivity index is 1.84. The van der Waals surface area contributed by atoms with Gasteiger partial charge in [-0.25, -0.2) is 10.1 Å². The number of benzene rings is 1. The van der Waals surface area contributed by atoms with Crippen molar-refractivity contribution < 1.29 is 4.99 Å². The summed E-state index contributed by atoms with van der Waals surface area (Å²) in [5.74, 6) is 0.338. The summed E-state index contributed by atoms with van der Waals surface area (Å²) in [6.45, 7) is 0.568. The van der Waals surface area contributed by atoms with Gasteiger partial charge in [-0.1, -0.05) is 30.3 Å². The van der Waals surface area contributed by atoms with Crippen molar-refractivity contribution >= 4 is 33.2 Å². The Hall–Kier alpha value is -2.87. The van der Waals surface area contributed by atoms with Gasteiger partial charge >= 0.3 is 11.6 Å². The lowest BCUT2D eigenvalue weighted by molar-refractivity contribution is -0.476. The van der Waals surface area contributed by atoms with E-state index in [2.05, 4.69) is 20.3 Å². The van der Waals surface area contributed by atoms with Crippen LogP contribution in [0, 0.1) is 0 Å². The number of nitrogens with two attached hydrogens (primary N) is 1. The quantitative estimate of drug-likeness (QED) is 0.324. The summed E-state index contributed by atoms with van der Waals surface area (Å²) in [5.41, 5.74) is 7.07. The molecule has 3 rings (SSSR count). The molecule has 0 aliphatic heterocycles. The van der Waals surface area contributed by atoms with Crippen molar-refractivity contribution in [1.29, 1.82) is 0 Å². The Labute approximate surface area is 128 Å². The molecule has 0 aliphatic rings. The third kappa shape index (κ3) is 2.91. The maximum atomic E-state index is 11.7. The number of aromatic amines is 2. The van der Waals surface area contributed by atoms with E-state index in [1.54, 1.807) is 5.38 Å². The molecule has 0 saturated carbocycles. The largest absolute Gasteiger partial charge is 0.346 e. The Bertz CT molecular complexity index is 939. The highest BCUT2D eigenvalue weighted by molar-refractivity contribution is 7.17. The molecule has 0 unspecified atom stereocenters. The zero-order chi connectivity index (χ0) is 15.5. The van der Waals surface area contributed by atoms with Gasteiger partial charge in [0.15, 0.2) is 0 Å². The van der Waals surface area contributed by atoms with Crippen LogP contribution in [-0.4, -0.2) is 15.9 Å². The predicted octanol–water partition coefficient (Wildman–Crippen LogP) is -0.715. The van der Waals surface area contributed by atoms with Gasteiger partial charge in [0.1, 0.15) is 15.9 Å². The molecule has 8 heteroatoms. The zero-order valence-electron chi connectivity index (χ0n) is 11.5. The fourth-order valence-corrected chi connectivity index (χ4v) is 2.88. The third-order valence-electron chi connectivity index (χ3n) is 3.06. The molecule has 1 aromatic carbocycles. The molecule has 3 aromatic rings. The smallest absolute Gasteiger partial charge is 0.303 e. The first-order valence-electron chi connectivity index (χ1n) is 6.54. The van der Waals surface area contributed by atoms with Crippen LogP contribution in [0.2, 0.25) is 0 Å². The van der Waals surface area contributed by atoms with Crippen molar-refractivity contribution in [1.82, 2.24) is 9.97 Å². The highest BCUT2D eigenvalue weighted by Crippen LogP contribution is 2.24. The van der Waals surface area contributed by atoms with Crippen LogP contribution in [-0.2, 0) is 6.54 Å². The molecule has 2 aromatic heterocycles. The Morgan fingerprint density at radius 1 is 1.23 bits per heavy atom. The molecule has 0 aliphatic carbocycles. The van der Waals surface area contributed by atoms with Gasteiger partial charge in [0.2, 0.25) is 0 Å². The van der Waals surface area contributed by atoms with Crippen molar-refractivity contribution in [3.63, 3.8) is 0 Å². The highest BCUT2D eigenvalue weighted by atomic mass is 32.1. The zero-order valence-corrected chi connectivity index (χ0v) is 12.3. The molecule has 0 spiro atoms. The lowest BCUT2D eigenvalue weighted by Gasteiger charge is -1.99. The molecule has 2 heterocycles. The number of thiophene rings is 1. The van der Waals surface area contributed by atoms with Crippen LogP contribution < -0.4 is 27.3 Å². The van der Waals surface area contributed by atoms with E-state index in [0.29, 0.717) is 28.4 Å². The van der Waals surface area contributed by atoms with E-state index in [0.717, 1.165) is 5.56 Å². The van der Waals surface area contributed by atoms with Gasteiger partial charge < -0.3 is 4.98 Å². The molecule has 6 N–H and O–H groups in total. The monoisotopic (exact) mass is 316 g/mol. The third-order valence-corrected chi connectivity index (χ3v) is 4.04. The molecular formula is C14H14N5O2S+. The topological polar surface area (TPSA) is 118 Å². The fraction of sp³-hybridized carbons (Fsp3) is 0.0714. The minimum absolute atomic E-state index is 0.338. The number of hydrogen-bond donors (Lipinski definition) is 5. The van der Waals surface area contributed by atoms with Crippen LogP contribution in [0.3, 0.4) is 0 Å². The number of nitrogens with one attached hydrogen (secondary N) is 4. The van der Waals surface area contributed by atoms with Gasteiger partial charge in [0, 0.05) is 5.38 Å². The molecule has 0 amide bonds. The minimum atomic E-state index is -0.547. The molecule has 0 saturated heterocycles. The average Bonchev–Trinajstić information content (AvgIpc) is 2.89. The number of hydrogen-bond acceptors (Lipinski definition) is 3. The minimum Gasteiger partial charge on any atom is -0.303 e. The van der Waals surface area contributed by atoms with E-state index in [1.165, 1.54) is 11.3 Å². The lowest BCUT2D eigenvalue weighted by Crippen LogP contribution is -2.75. The predicted molar refractivity (Wildman–Crippen MR) is 87.0 cm³/mol. The average molecular weight is 316 g/mol. The first-order chi connectivity index (χ1) is 10.6. The van der Waals surface area contributed by atoms with E-state index in [4.69, 9.17) is 5.73 Å². The maximum absolute atomic E-state index is 11.7. The Morgan fingerprint density at radius 2 is 2.00 bits per heavy atom. The molecule has 22 heavy (non-hydrogen) atoms. The number of aromatic nitrogens is 2. The van der Waals surface area contributed by atoms with Crippen molar-refractivity contribution in [2.24, 2.45) is 5.73 Å². The molecule has 0 bridgehead atoms. The van der Waals surface area contributed by atoms with Crippen molar-refractivity contribution in [3.8, 4) is 0 Å². The maximum Gasteiger partial charge on any atom is 0.346 e. The molecule has 0 fully saturated rings. The van der Waals surface area contributed by atoms with E-state index in [1.807, 2.05) is 30.3 Å². The van der Waals surface area contributed by atoms with Crippen LogP contribution in [0.1, 0.15) is 5.56 Å². The summed E-state index contributed by atoms with van der Waals surface area (Å²) in [5, 5.41) is 4.69. The van der Waals surface area contributed by atoms with Gasteiger partial charge in [0.05, 0.1) is 6.54 Å². The van der Waals surface area contributed by atoms with E-state index >= 15 is 0 Å². The number of H-pyrrole nitrogens is 2. The summed E-state index contributed by atoms with van der Waals surface area (Å²) < 4.78 is 0.443. The summed E-state index contributed by atoms with van der Waals surface area (Å²) in [6.07, 6.45) is 0. The highest BCUT2D eigenvalue weighted by Gasteiger charge is 2.12. The second-order valence-corrected chi connectivity index (χ2v) is 5.52. The van der Waals surface area contributed by atoms with E-state index in [9.17, 15) is 9.59 Å². The molecule has 0 atom stereocenters. The van der Waals surface area contributed by atoms with Gasteiger partial charge in [-0.3, -0.25) is 20.5 Å². The van der Waals surface area contributed by atoms with Gasteiger partial charge in [-0.05, 0) is 5.56 Å². The standard InChI is InChI=1S/C14H13N5O2S/c15-13(16-6-8-4-2-1-3-5-8)17-9-7-22-11-10(9)18-14(21)19-12(11)20/h1-5,7H,6H2,(H3,15,16,17)(H2,18,19,20,21)/p+1. The first-order valence-corrected chi connectivity index (χ1v) is 7.42. The number of anilines is 1. The SMILES string of the molecule is NC(Nc1csc2c(=O)[nH]c(=O)[nH]c12)=[NH+]Cc1ccccc1. The van der Waals surface area contributed by atoms with E-state index in [-0.39, 0.29) is 0 Å². The Kier molecular flexibility index (Phi) is 3.75. The van der Waals surface area contributed by atoms with Crippen molar-refractivity contribution in [3.05, 3.63) is 62.1 Å². The molecule has 112 valence electrons. The summed E-state index contributed by atoms with van der Waals surface area (Å²) >= 11 is 1.23. The van der Waals surface area contributed by atoms with Crippen molar-refractivity contribution in [2.45, 2.75) is 6.54 Å². The van der Waals surface area contributed by atoms with Crippen molar-refractivity contribution in [2.75, 3.05) is 5.32 Å². The van der Waals surface area contributed by atoms with Gasteiger partial charge in [-0.2, -0.15) is 0 Å². The normalized spacial score (nSPS) is 11.7. The number of fused-ring (bicyclic) bond motifs is 1. The second kappa shape index (κ2) is 5.86. The number of rotatable bonds is 3. The van der Waals surface area contributed by atoms with Crippen LogP contribution in [0.25, 0.3) is 10.2 Å². The van der Waals surface area contributed by atoms with Crippen LogP contribution >= 0.6 is 11.3 Å². The lowest BCUT2D eigenvalue weighted by atomic mass is 10.2. The fourth-order valence-electron chi connectivity index (χ4n) is 2.03. The van der Waals surface area contributed by atoms with E-state index < -0.39 is 11.2 Å². The molecule has 7 nitrogen and oxygen atoms in total. The summed E-state index contributed by atoms with van der Waals surface area (Å²) in [4.78, 5) is 30.9. The number of guanidine groups is 1. The van der Waals surface area contributed by atoms with Crippen LogP contribution in [0.4, 0.5) is 5.69 Å². The Morgan fingerprint density at radius 3 is 2.77 bits per heavy atom. The second-order valence-electron chi connectivity index (χ2n) is 4.64. The summed E-state index contributed by atoms with van der Waals surface area (Å²) in [6, 6.07) is 9.81. The van der Waals surface area contributed by atoms with Gasteiger partial charge in [-0.15, -0.1) is 11.3 Å². The molecular weight excluding hydrogens is 302 g/mol. The van der Waals surface area contributed by atoms with Crippen LogP contribution in [0.15, 0.2) is 45.3 Å². The summed E-state index contributed by atoms with van der Waals surface area (Å²) in [7, 11) is 0. The first kappa shape index (κ1) is 14.1. The molecule has 0 radical (unpaired) electrons. The van der Waals surface area contributed by atoms with Crippen LogP contribution in [0.5, 0.6) is 0 Å². The van der Waals surface area contributed by atoms with Gasteiger partial charge in [0.25, 0.3) is 5.56 Å².